The Morgan fingerprint density at radius 1 is 1.36 bits per heavy atom. The number of carboxylic acid groups (broad SMARTS) is 1. The maximum absolute atomic E-state index is 10.9. The number of hydrogen-bond donors (Lipinski definition) is 2. The summed E-state index contributed by atoms with van der Waals surface area (Å²) >= 11 is 0. The second-order valence-electron chi connectivity index (χ2n) is 4.39. The zero-order valence-corrected chi connectivity index (χ0v) is 8.15. The van der Waals surface area contributed by atoms with Gasteiger partial charge in [0.15, 0.2) is 0 Å². The fourth-order valence-electron chi connectivity index (χ4n) is 2.91. The van der Waals surface area contributed by atoms with Crippen molar-refractivity contribution in [2.75, 3.05) is 0 Å². The number of aliphatic carboxylic acids is 1. The fourth-order valence-corrected chi connectivity index (χ4v) is 2.91. The predicted molar refractivity (Wildman–Crippen MR) is 52.8 cm³/mol. The molecule has 0 aromatic carbocycles. The third-order valence-electron chi connectivity index (χ3n) is 3.58. The number of nitrogens with two attached hydrogens (primary N) is 1. The molecule has 2 fully saturated rings. The topological polar surface area (TPSA) is 75.7 Å². The Morgan fingerprint density at radius 2 is 1.93 bits per heavy atom. The lowest BCUT2D eigenvalue weighted by atomic mass is 9.66. The van der Waals surface area contributed by atoms with Crippen molar-refractivity contribution in [1.82, 2.24) is 0 Å². The quantitative estimate of drug-likeness (QED) is 0.489. The van der Waals surface area contributed by atoms with E-state index in [4.69, 9.17) is 10.9 Å². The van der Waals surface area contributed by atoms with Crippen LogP contribution in [0.4, 0.5) is 0 Å². The van der Waals surface area contributed by atoms with Crippen molar-refractivity contribution in [3.63, 3.8) is 0 Å². The molecule has 2 saturated carbocycles. The van der Waals surface area contributed by atoms with Gasteiger partial charge in [0.1, 0.15) is 0 Å². The molecule has 2 aliphatic carbocycles. The standard InChI is InChI=1S/C10H16N2O2/c11-12-9-6-2-1-3-7(9)5-8(4-6)10(13)14/h6-8H,1-5,11H2,(H,13,14)/t6-,7-,8?/m1/s1. The van der Waals surface area contributed by atoms with Crippen LogP contribution < -0.4 is 5.84 Å². The predicted octanol–water partition coefficient (Wildman–Crippen LogP) is 1.21. The molecule has 78 valence electrons. The van der Waals surface area contributed by atoms with Gasteiger partial charge in [0.25, 0.3) is 0 Å². The number of hydrogen-bond acceptors (Lipinski definition) is 3. The minimum atomic E-state index is -0.655. The molecule has 0 unspecified atom stereocenters. The van der Waals surface area contributed by atoms with Crippen molar-refractivity contribution in [3.8, 4) is 0 Å². The Balaban J connectivity index is 2.16. The van der Waals surface area contributed by atoms with Crippen LogP contribution in [0.3, 0.4) is 0 Å². The second kappa shape index (κ2) is 3.59. The van der Waals surface area contributed by atoms with Crippen LogP contribution in [0.15, 0.2) is 5.10 Å². The highest BCUT2D eigenvalue weighted by atomic mass is 16.4. The summed E-state index contributed by atoms with van der Waals surface area (Å²) in [5.74, 6) is 5.21. The smallest absolute Gasteiger partial charge is 0.306 e. The summed E-state index contributed by atoms with van der Waals surface area (Å²) < 4.78 is 0. The number of carboxylic acids is 1. The summed E-state index contributed by atoms with van der Waals surface area (Å²) in [5, 5.41) is 12.8. The minimum absolute atomic E-state index is 0.171. The Labute approximate surface area is 83.2 Å². The Hall–Kier alpha value is -1.06. The van der Waals surface area contributed by atoms with Gasteiger partial charge in [-0.05, 0) is 25.7 Å². The molecule has 3 N–H and O–H groups in total. The van der Waals surface area contributed by atoms with Crippen LogP contribution in [0.5, 0.6) is 0 Å². The first-order chi connectivity index (χ1) is 6.72. The van der Waals surface area contributed by atoms with Crippen molar-refractivity contribution >= 4 is 11.7 Å². The fraction of sp³-hybridized carbons (Fsp3) is 0.800. The molecule has 4 heteroatoms. The van der Waals surface area contributed by atoms with Crippen LogP contribution in [-0.2, 0) is 4.79 Å². The molecule has 2 rings (SSSR count). The average Bonchev–Trinajstić information content (AvgIpc) is 2.15. The highest BCUT2D eigenvalue weighted by Crippen LogP contribution is 2.40. The van der Waals surface area contributed by atoms with E-state index in [0.717, 1.165) is 31.4 Å². The van der Waals surface area contributed by atoms with Crippen molar-refractivity contribution < 1.29 is 9.90 Å². The lowest BCUT2D eigenvalue weighted by Gasteiger charge is -2.38. The first kappa shape index (κ1) is 9.49. The average molecular weight is 196 g/mol. The Kier molecular flexibility index (Phi) is 2.44. The lowest BCUT2D eigenvalue weighted by molar-refractivity contribution is -0.143. The normalized spacial score (nSPS) is 36.6. The van der Waals surface area contributed by atoms with Crippen molar-refractivity contribution in [2.24, 2.45) is 28.7 Å². The van der Waals surface area contributed by atoms with E-state index in [0.29, 0.717) is 11.8 Å². The molecule has 0 heterocycles. The second-order valence-corrected chi connectivity index (χ2v) is 4.39. The summed E-state index contributed by atoms with van der Waals surface area (Å²) in [6.45, 7) is 0. The van der Waals surface area contributed by atoms with Crippen LogP contribution in [-0.4, -0.2) is 16.8 Å². The van der Waals surface area contributed by atoms with E-state index in [2.05, 4.69) is 5.10 Å². The summed E-state index contributed by atoms with van der Waals surface area (Å²) in [6, 6.07) is 0. The molecule has 2 bridgehead atoms. The van der Waals surface area contributed by atoms with E-state index in [1.807, 2.05) is 0 Å². The van der Waals surface area contributed by atoms with Crippen LogP contribution in [0.2, 0.25) is 0 Å². The third-order valence-corrected chi connectivity index (χ3v) is 3.58. The molecular weight excluding hydrogens is 180 g/mol. The van der Waals surface area contributed by atoms with Gasteiger partial charge in [-0.15, -0.1) is 0 Å². The van der Waals surface area contributed by atoms with Crippen molar-refractivity contribution in [3.05, 3.63) is 0 Å². The highest BCUT2D eigenvalue weighted by molar-refractivity contribution is 5.91. The molecule has 0 aliphatic heterocycles. The summed E-state index contributed by atoms with van der Waals surface area (Å²) in [4.78, 5) is 10.9. The van der Waals surface area contributed by atoms with E-state index in [1.54, 1.807) is 0 Å². The molecule has 14 heavy (non-hydrogen) atoms. The molecule has 4 nitrogen and oxygen atoms in total. The molecule has 2 aliphatic rings. The van der Waals surface area contributed by atoms with Gasteiger partial charge in [-0.2, -0.15) is 5.10 Å². The van der Waals surface area contributed by atoms with E-state index in [-0.39, 0.29) is 5.92 Å². The zero-order chi connectivity index (χ0) is 10.1. The highest BCUT2D eigenvalue weighted by Gasteiger charge is 2.39. The van der Waals surface area contributed by atoms with Crippen LogP contribution in [0.1, 0.15) is 32.1 Å². The molecule has 0 amide bonds. The van der Waals surface area contributed by atoms with Gasteiger partial charge in [0, 0.05) is 17.5 Å². The van der Waals surface area contributed by atoms with Gasteiger partial charge < -0.3 is 10.9 Å². The van der Waals surface area contributed by atoms with Gasteiger partial charge in [-0.3, -0.25) is 4.79 Å². The van der Waals surface area contributed by atoms with Crippen LogP contribution in [0.25, 0.3) is 0 Å². The molecular formula is C10H16N2O2. The molecule has 2 atom stereocenters. The Bertz CT molecular complexity index is 259. The molecule has 0 aromatic heterocycles. The molecule has 0 saturated heterocycles. The molecule has 0 aromatic rings. The summed E-state index contributed by atoms with van der Waals surface area (Å²) in [6.07, 6.45) is 4.80. The monoisotopic (exact) mass is 196 g/mol. The largest absolute Gasteiger partial charge is 0.481 e. The van der Waals surface area contributed by atoms with Gasteiger partial charge >= 0.3 is 5.97 Å². The minimum Gasteiger partial charge on any atom is -0.481 e. The number of rotatable bonds is 1. The van der Waals surface area contributed by atoms with Gasteiger partial charge in [0.2, 0.25) is 0 Å². The van der Waals surface area contributed by atoms with Gasteiger partial charge in [-0.25, -0.2) is 0 Å². The van der Waals surface area contributed by atoms with Gasteiger partial charge in [0.05, 0.1) is 5.92 Å². The maximum atomic E-state index is 10.9. The van der Waals surface area contributed by atoms with Crippen molar-refractivity contribution in [1.29, 1.82) is 0 Å². The zero-order valence-electron chi connectivity index (χ0n) is 8.15. The van der Waals surface area contributed by atoms with E-state index in [1.165, 1.54) is 6.42 Å². The van der Waals surface area contributed by atoms with E-state index < -0.39 is 5.97 Å². The molecule has 0 spiro atoms. The first-order valence-electron chi connectivity index (χ1n) is 5.23. The van der Waals surface area contributed by atoms with E-state index in [9.17, 15) is 4.79 Å². The number of carbonyl (C=O) groups is 1. The maximum Gasteiger partial charge on any atom is 0.306 e. The number of hydrazone groups is 1. The van der Waals surface area contributed by atoms with Crippen LogP contribution >= 0.6 is 0 Å². The number of fused-ring (bicyclic) bond motifs is 2. The van der Waals surface area contributed by atoms with Crippen LogP contribution in [0, 0.1) is 17.8 Å². The van der Waals surface area contributed by atoms with Crippen molar-refractivity contribution in [2.45, 2.75) is 32.1 Å². The SMILES string of the molecule is NN=C1[C@@H]2CCC[C@@H]1CC(C(=O)O)C2. The van der Waals surface area contributed by atoms with E-state index >= 15 is 0 Å². The Morgan fingerprint density at radius 3 is 2.36 bits per heavy atom. The summed E-state index contributed by atoms with van der Waals surface area (Å²) in [5.41, 5.74) is 1.08. The lowest BCUT2D eigenvalue weighted by Crippen LogP contribution is -2.39. The first-order valence-corrected chi connectivity index (χ1v) is 5.23. The third kappa shape index (κ3) is 1.49. The summed E-state index contributed by atoms with van der Waals surface area (Å²) in [7, 11) is 0. The van der Waals surface area contributed by atoms with Gasteiger partial charge in [-0.1, -0.05) is 6.42 Å². The number of nitrogens with zero attached hydrogens (tertiary/aromatic N) is 1. The molecule has 0 radical (unpaired) electrons.